The third kappa shape index (κ3) is 2.98. The molecule has 2 nitrogen and oxygen atoms in total. The number of hydrogen-bond acceptors (Lipinski definition) is 1. The highest BCUT2D eigenvalue weighted by atomic mass is 15.1. The molecule has 0 saturated heterocycles. The normalized spacial score (nSPS) is 13.0. The van der Waals surface area contributed by atoms with Gasteiger partial charge in [0, 0.05) is 35.9 Å². The smallest absolute Gasteiger partial charge is 0.109 e. The van der Waals surface area contributed by atoms with E-state index in [1.54, 1.807) is 0 Å². The molecular weight excluding hydrogens is 292 g/mol. The van der Waals surface area contributed by atoms with Gasteiger partial charge < -0.3 is 4.57 Å². The SMILES string of the molecule is Cc1ccccc1C#Cc1ccc(-c2cn3c(n2)CCCC3)cc1. The molecule has 3 aromatic rings. The number of hydrogen-bond donors (Lipinski definition) is 0. The summed E-state index contributed by atoms with van der Waals surface area (Å²) in [7, 11) is 0. The molecule has 1 aliphatic heterocycles. The van der Waals surface area contributed by atoms with Gasteiger partial charge in [0.25, 0.3) is 0 Å². The van der Waals surface area contributed by atoms with Gasteiger partial charge in [-0.25, -0.2) is 4.98 Å². The van der Waals surface area contributed by atoms with E-state index >= 15 is 0 Å². The zero-order valence-corrected chi connectivity index (χ0v) is 13.9. The third-order valence-corrected chi connectivity index (χ3v) is 4.58. The first kappa shape index (κ1) is 14.8. The topological polar surface area (TPSA) is 17.8 Å². The van der Waals surface area contributed by atoms with Crippen LogP contribution in [0.15, 0.2) is 54.7 Å². The predicted octanol–water partition coefficient (Wildman–Crippen LogP) is 4.59. The van der Waals surface area contributed by atoms with Crippen molar-refractivity contribution in [2.24, 2.45) is 0 Å². The number of fused-ring (bicyclic) bond motifs is 1. The molecule has 0 saturated carbocycles. The van der Waals surface area contributed by atoms with Gasteiger partial charge in [-0.3, -0.25) is 0 Å². The van der Waals surface area contributed by atoms with Crippen LogP contribution in [0.3, 0.4) is 0 Å². The molecule has 1 aromatic heterocycles. The molecule has 118 valence electrons. The van der Waals surface area contributed by atoms with Crippen LogP contribution in [0.25, 0.3) is 11.3 Å². The molecule has 0 aliphatic carbocycles. The molecule has 0 amide bonds. The van der Waals surface area contributed by atoms with Crippen molar-refractivity contribution in [2.45, 2.75) is 32.7 Å². The number of benzene rings is 2. The van der Waals surface area contributed by atoms with Crippen molar-refractivity contribution in [1.82, 2.24) is 9.55 Å². The molecule has 2 aromatic carbocycles. The van der Waals surface area contributed by atoms with Crippen LogP contribution < -0.4 is 0 Å². The largest absolute Gasteiger partial charge is 0.334 e. The van der Waals surface area contributed by atoms with Crippen molar-refractivity contribution < 1.29 is 0 Å². The average molecular weight is 312 g/mol. The molecule has 0 radical (unpaired) electrons. The fourth-order valence-electron chi connectivity index (χ4n) is 3.13. The Bertz CT molecular complexity index is 897. The first-order valence-electron chi connectivity index (χ1n) is 8.54. The lowest BCUT2D eigenvalue weighted by molar-refractivity contribution is 0.522. The lowest BCUT2D eigenvalue weighted by Crippen LogP contribution is -2.08. The highest BCUT2D eigenvalue weighted by molar-refractivity contribution is 5.60. The maximum absolute atomic E-state index is 4.78. The Hall–Kier alpha value is -2.79. The van der Waals surface area contributed by atoms with Crippen LogP contribution in [0.4, 0.5) is 0 Å². The van der Waals surface area contributed by atoms with Crippen molar-refractivity contribution in [3.05, 3.63) is 77.2 Å². The molecule has 0 atom stereocenters. The van der Waals surface area contributed by atoms with E-state index in [4.69, 9.17) is 4.98 Å². The molecule has 2 heterocycles. The Morgan fingerprint density at radius 2 is 1.79 bits per heavy atom. The van der Waals surface area contributed by atoms with Crippen LogP contribution in [0, 0.1) is 18.8 Å². The van der Waals surface area contributed by atoms with Gasteiger partial charge in [0.15, 0.2) is 0 Å². The zero-order chi connectivity index (χ0) is 16.4. The van der Waals surface area contributed by atoms with E-state index in [9.17, 15) is 0 Å². The summed E-state index contributed by atoms with van der Waals surface area (Å²) < 4.78 is 2.30. The second kappa shape index (κ2) is 6.37. The number of imidazole rings is 1. The van der Waals surface area contributed by atoms with E-state index in [0.717, 1.165) is 29.8 Å². The molecule has 4 rings (SSSR count). The number of rotatable bonds is 1. The zero-order valence-electron chi connectivity index (χ0n) is 13.9. The average Bonchev–Trinajstić information content (AvgIpc) is 3.06. The fourth-order valence-corrected chi connectivity index (χ4v) is 3.13. The van der Waals surface area contributed by atoms with Crippen LogP contribution in [-0.4, -0.2) is 9.55 Å². The van der Waals surface area contributed by atoms with Gasteiger partial charge in [-0.2, -0.15) is 0 Å². The summed E-state index contributed by atoms with van der Waals surface area (Å²) in [5, 5.41) is 0. The molecule has 0 bridgehead atoms. The molecular formula is C22H20N2. The van der Waals surface area contributed by atoms with Crippen LogP contribution in [-0.2, 0) is 13.0 Å². The van der Waals surface area contributed by atoms with Crippen molar-refractivity contribution in [1.29, 1.82) is 0 Å². The summed E-state index contributed by atoms with van der Waals surface area (Å²) in [4.78, 5) is 4.78. The Labute approximate surface area is 143 Å². The second-order valence-electron chi connectivity index (χ2n) is 6.34. The van der Waals surface area contributed by atoms with Gasteiger partial charge in [0.2, 0.25) is 0 Å². The third-order valence-electron chi connectivity index (χ3n) is 4.58. The Morgan fingerprint density at radius 1 is 0.958 bits per heavy atom. The molecule has 0 unspecified atom stereocenters. The summed E-state index contributed by atoms with van der Waals surface area (Å²) in [6, 6.07) is 16.6. The first-order valence-corrected chi connectivity index (χ1v) is 8.54. The highest BCUT2D eigenvalue weighted by Crippen LogP contribution is 2.22. The van der Waals surface area contributed by atoms with Crippen molar-refractivity contribution in [2.75, 3.05) is 0 Å². The number of aryl methyl sites for hydroxylation is 3. The molecule has 1 aliphatic rings. The number of aromatic nitrogens is 2. The van der Waals surface area contributed by atoms with E-state index in [1.807, 2.05) is 12.1 Å². The molecule has 0 spiro atoms. The lowest BCUT2D eigenvalue weighted by atomic mass is 10.1. The molecule has 24 heavy (non-hydrogen) atoms. The maximum atomic E-state index is 4.78. The summed E-state index contributed by atoms with van der Waals surface area (Å²) in [6.45, 7) is 3.19. The Kier molecular flexibility index (Phi) is 3.92. The summed E-state index contributed by atoms with van der Waals surface area (Å²) in [5.41, 5.74) is 5.57. The monoisotopic (exact) mass is 312 g/mol. The standard InChI is InChI=1S/C22H20N2/c1-17-6-2-3-7-19(17)12-9-18-10-13-20(14-11-18)21-16-24-15-5-4-8-22(24)23-21/h2-3,6-7,10-11,13-14,16H,4-5,8,15H2,1H3. The minimum atomic E-state index is 1.03. The van der Waals surface area contributed by atoms with E-state index in [2.05, 4.69) is 65.9 Å². The van der Waals surface area contributed by atoms with E-state index in [-0.39, 0.29) is 0 Å². The van der Waals surface area contributed by atoms with E-state index in [0.29, 0.717) is 0 Å². The van der Waals surface area contributed by atoms with E-state index in [1.165, 1.54) is 29.8 Å². The van der Waals surface area contributed by atoms with Crippen LogP contribution in [0.2, 0.25) is 0 Å². The van der Waals surface area contributed by atoms with Crippen LogP contribution in [0.1, 0.15) is 35.4 Å². The van der Waals surface area contributed by atoms with E-state index < -0.39 is 0 Å². The quantitative estimate of drug-likeness (QED) is 0.601. The lowest BCUT2D eigenvalue weighted by Gasteiger charge is -2.11. The first-order chi connectivity index (χ1) is 11.8. The van der Waals surface area contributed by atoms with Gasteiger partial charge in [0.05, 0.1) is 5.69 Å². The highest BCUT2D eigenvalue weighted by Gasteiger charge is 2.12. The van der Waals surface area contributed by atoms with Gasteiger partial charge in [-0.1, -0.05) is 42.2 Å². The molecule has 2 heteroatoms. The van der Waals surface area contributed by atoms with Crippen molar-refractivity contribution in [3.63, 3.8) is 0 Å². The predicted molar refractivity (Wildman–Crippen MR) is 97.8 cm³/mol. The maximum Gasteiger partial charge on any atom is 0.109 e. The van der Waals surface area contributed by atoms with Crippen LogP contribution >= 0.6 is 0 Å². The van der Waals surface area contributed by atoms with Crippen LogP contribution in [0.5, 0.6) is 0 Å². The van der Waals surface area contributed by atoms with Gasteiger partial charge in [-0.05, 0) is 43.5 Å². The minimum absolute atomic E-state index is 1.03. The summed E-state index contributed by atoms with van der Waals surface area (Å²) >= 11 is 0. The Balaban J connectivity index is 1.57. The number of nitrogens with zero attached hydrogens (tertiary/aromatic N) is 2. The fraction of sp³-hybridized carbons (Fsp3) is 0.227. The van der Waals surface area contributed by atoms with Gasteiger partial charge in [0.1, 0.15) is 5.82 Å². The van der Waals surface area contributed by atoms with Crippen molar-refractivity contribution >= 4 is 0 Å². The van der Waals surface area contributed by atoms with Gasteiger partial charge in [-0.15, -0.1) is 0 Å². The van der Waals surface area contributed by atoms with Crippen molar-refractivity contribution in [3.8, 4) is 23.1 Å². The Morgan fingerprint density at radius 3 is 2.58 bits per heavy atom. The minimum Gasteiger partial charge on any atom is -0.334 e. The molecule has 0 fully saturated rings. The summed E-state index contributed by atoms with van der Waals surface area (Å²) in [6.07, 6.45) is 5.79. The van der Waals surface area contributed by atoms with Gasteiger partial charge >= 0.3 is 0 Å². The summed E-state index contributed by atoms with van der Waals surface area (Å²) in [5.74, 6) is 7.73. The second-order valence-corrected chi connectivity index (χ2v) is 6.34. The molecule has 0 N–H and O–H groups in total.